The molecule has 0 saturated heterocycles. The molecule has 5 nitrogen and oxygen atoms in total. The number of amides is 1. The molecule has 0 saturated carbocycles. The van der Waals surface area contributed by atoms with Gasteiger partial charge in [0.2, 0.25) is 5.91 Å². The minimum Gasteiger partial charge on any atom is -0.478 e. The first kappa shape index (κ1) is 15.2. The van der Waals surface area contributed by atoms with Crippen LogP contribution >= 0.6 is 0 Å². The van der Waals surface area contributed by atoms with Crippen LogP contribution in [0.25, 0.3) is 0 Å². The fourth-order valence-corrected chi connectivity index (χ4v) is 3.35. The van der Waals surface area contributed by atoms with Crippen LogP contribution in [0.3, 0.4) is 0 Å². The minimum absolute atomic E-state index is 0.155. The number of hydrogen-bond donors (Lipinski definition) is 2. The topological polar surface area (TPSA) is 79.3 Å². The van der Waals surface area contributed by atoms with E-state index in [9.17, 15) is 9.59 Å². The molecule has 0 radical (unpaired) electrons. The van der Waals surface area contributed by atoms with Crippen LogP contribution in [0.2, 0.25) is 0 Å². The quantitative estimate of drug-likeness (QED) is 0.913. The molecule has 1 heterocycles. The average Bonchev–Trinajstić information content (AvgIpc) is 2.83. The Hall–Kier alpha value is -2.69. The lowest BCUT2D eigenvalue weighted by Gasteiger charge is -2.26. The molecule has 1 atom stereocenters. The maximum Gasteiger partial charge on any atom is 0.335 e. The molecule has 0 aliphatic heterocycles. The molecule has 0 fully saturated rings. The lowest BCUT2D eigenvalue weighted by Crippen LogP contribution is -2.25. The number of carboxylic acid groups (broad SMARTS) is 1. The third-order valence-electron chi connectivity index (χ3n) is 4.37. The van der Waals surface area contributed by atoms with Gasteiger partial charge in [0.25, 0.3) is 0 Å². The van der Waals surface area contributed by atoms with Gasteiger partial charge >= 0.3 is 5.97 Å². The highest BCUT2D eigenvalue weighted by Crippen LogP contribution is 2.42. The number of nitrogens with zero attached hydrogens (tertiary/aromatic N) is 1. The zero-order chi connectivity index (χ0) is 16.6. The average molecular weight is 310 g/mol. The van der Waals surface area contributed by atoms with Crippen LogP contribution < -0.4 is 5.32 Å². The lowest BCUT2D eigenvalue weighted by atomic mass is 9.80. The Kier molecular flexibility index (Phi) is 3.64. The van der Waals surface area contributed by atoms with Gasteiger partial charge in [0, 0.05) is 24.1 Å². The summed E-state index contributed by atoms with van der Waals surface area (Å²) in [5, 5.41) is 11.9. The number of pyridine rings is 1. The Labute approximate surface area is 134 Å². The SMILES string of the molecule is CC(=O)Nc1ncccc1C1(C)Cc2ccc(C(=O)O)cc2C1. The van der Waals surface area contributed by atoms with E-state index < -0.39 is 5.97 Å². The van der Waals surface area contributed by atoms with Crippen LogP contribution in [0.1, 0.15) is 40.9 Å². The first-order valence-electron chi connectivity index (χ1n) is 7.47. The Morgan fingerprint density at radius 2 is 1.96 bits per heavy atom. The van der Waals surface area contributed by atoms with E-state index in [1.54, 1.807) is 18.3 Å². The first-order valence-corrected chi connectivity index (χ1v) is 7.47. The fraction of sp³-hybridized carbons (Fsp3) is 0.278. The second-order valence-corrected chi connectivity index (χ2v) is 6.28. The summed E-state index contributed by atoms with van der Waals surface area (Å²) in [6.07, 6.45) is 3.17. The zero-order valence-electron chi connectivity index (χ0n) is 13.1. The predicted octanol–water partition coefficient (Wildman–Crippen LogP) is 2.79. The standard InChI is InChI=1S/C18H18N2O3/c1-11(21)20-16-15(4-3-7-19-16)18(2)9-13-6-5-12(17(22)23)8-14(13)10-18/h3-8H,9-10H2,1-2H3,(H,22,23)(H,19,20,21). The number of fused-ring (bicyclic) bond motifs is 1. The van der Waals surface area contributed by atoms with Crippen LogP contribution in [-0.4, -0.2) is 22.0 Å². The molecule has 2 N–H and O–H groups in total. The van der Waals surface area contributed by atoms with E-state index in [1.165, 1.54) is 6.92 Å². The van der Waals surface area contributed by atoms with Gasteiger partial charge in [-0.1, -0.05) is 19.1 Å². The van der Waals surface area contributed by atoms with Gasteiger partial charge in [-0.3, -0.25) is 4.79 Å². The molecule has 118 valence electrons. The summed E-state index contributed by atoms with van der Waals surface area (Å²) >= 11 is 0. The third-order valence-corrected chi connectivity index (χ3v) is 4.37. The van der Waals surface area contributed by atoms with Gasteiger partial charge in [0.05, 0.1) is 5.56 Å². The van der Waals surface area contributed by atoms with Crippen LogP contribution in [0.15, 0.2) is 36.5 Å². The molecule has 23 heavy (non-hydrogen) atoms. The van der Waals surface area contributed by atoms with Crippen molar-refractivity contribution < 1.29 is 14.7 Å². The van der Waals surface area contributed by atoms with E-state index in [0.29, 0.717) is 11.4 Å². The van der Waals surface area contributed by atoms with Gasteiger partial charge in [0.1, 0.15) is 5.82 Å². The molecule has 2 aromatic rings. The van der Waals surface area contributed by atoms with Crippen molar-refractivity contribution in [1.29, 1.82) is 0 Å². The second kappa shape index (κ2) is 5.50. The second-order valence-electron chi connectivity index (χ2n) is 6.28. The highest BCUT2D eigenvalue weighted by atomic mass is 16.4. The van der Waals surface area contributed by atoms with Crippen LogP contribution in [-0.2, 0) is 23.1 Å². The minimum atomic E-state index is -0.915. The summed E-state index contributed by atoms with van der Waals surface area (Å²) in [5.41, 5.74) is 3.26. The van der Waals surface area contributed by atoms with Gasteiger partial charge in [-0.15, -0.1) is 0 Å². The van der Waals surface area contributed by atoms with Gasteiger partial charge in [0.15, 0.2) is 0 Å². The fourth-order valence-electron chi connectivity index (χ4n) is 3.35. The maximum atomic E-state index is 11.4. The zero-order valence-corrected chi connectivity index (χ0v) is 13.1. The number of benzene rings is 1. The molecule has 1 aliphatic rings. The van der Waals surface area contributed by atoms with Gasteiger partial charge in [-0.25, -0.2) is 9.78 Å². The smallest absolute Gasteiger partial charge is 0.335 e. The van der Waals surface area contributed by atoms with Crippen LogP contribution in [0.5, 0.6) is 0 Å². The summed E-state index contributed by atoms with van der Waals surface area (Å²) in [5.74, 6) is -0.493. The Bertz CT molecular complexity index is 801. The molecule has 1 aliphatic carbocycles. The Balaban J connectivity index is 1.99. The third kappa shape index (κ3) is 2.82. The Morgan fingerprint density at radius 3 is 2.65 bits per heavy atom. The molecular weight excluding hydrogens is 292 g/mol. The number of carbonyl (C=O) groups excluding carboxylic acids is 1. The van der Waals surface area contributed by atoms with Crippen LogP contribution in [0, 0.1) is 0 Å². The lowest BCUT2D eigenvalue weighted by molar-refractivity contribution is -0.114. The van der Waals surface area contributed by atoms with E-state index in [4.69, 9.17) is 5.11 Å². The van der Waals surface area contributed by atoms with Crippen molar-refractivity contribution in [3.8, 4) is 0 Å². The van der Waals surface area contributed by atoms with Crippen molar-refractivity contribution in [1.82, 2.24) is 4.98 Å². The van der Waals surface area contributed by atoms with Crippen molar-refractivity contribution in [2.24, 2.45) is 0 Å². The molecule has 1 unspecified atom stereocenters. The number of carbonyl (C=O) groups is 2. The molecule has 0 bridgehead atoms. The first-order chi connectivity index (χ1) is 10.9. The summed E-state index contributed by atoms with van der Waals surface area (Å²) in [4.78, 5) is 26.8. The van der Waals surface area contributed by atoms with Gasteiger partial charge < -0.3 is 10.4 Å². The number of aromatic nitrogens is 1. The van der Waals surface area contributed by atoms with Crippen molar-refractivity contribution >= 4 is 17.7 Å². The largest absolute Gasteiger partial charge is 0.478 e. The molecule has 1 aromatic heterocycles. The number of carboxylic acids is 1. The van der Waals surface area contributed by atoms with E-state index in [2.05, 4.69) is 17.2 Å². The van der Waals surface area contributed by atoms with Crippen molar-refractivity contribution in [3.63, 3.8) is 0 Å². The van der Waals surface area contributed by atoms with Gasteiger partial charge in [-0.2, -0.15) is 0 Å². The maximum absolute atomic E-state index is 11.4. The highest BCUT2D eigenvalue weighted by Gasteiger charge is 2.37. The molecule has 5 heteroatoms. The van der Waals surface area contributed by atoms with E-state index in [1.807, 2.05) is 18.2 Å². The monoisotopic (exact) mass is 310 g/mol. The molecule has 1 amide bonds. The van der Waals surface area contributed by atoms with E-state index in [-0.39, 0.29) is 11.3 Å². The van der Waals surface area contributed by atoms with Crippen molar-refractivity contribution in [2.75, 3.05) is 5.32 Å². The molecule has 0 spiro atoms. The van der Waals surface area contributed by atoms with E-state index in [0.717, 1.165) is 29.5 Å². The normalized spacial score (nSPS) is 19.2. The van der Waals surface area contributed by atoms with Crippen molar-refractivity contribution in [2.45, 2.75) is 32.1 Å². The number of rotatable bonds is 3. The number of anilines is 1. The molecule has 1 aromatic carbocycles. The highest BCUT2D eigenvalue weighted by molar-refractivity contribution is 5.89. The molecule has 3 rings (SSSR count). The van der Waals surface area contributed by atoms with Crippen LogP contribution in [0.4, 0.5) is 5.82 Å². The summed E-state index contributed by atoms with van der Waals surface area (Å²) < 4.78 is 0. The number of nitrogens with one attached hydrogen (secondary N) is 1. The van der Waals surface area contributed by atoms with Crippen molar-refractivity contribution in [3.05, 3.63) is 58.8 Å². The Morgan fingerprint density at radius 1 is 1.22 bits per heavy atom. The summed E-state index contributed by atoms with van der Waals surface area (Å²) in [6, 6.07) is 9.11. The number of hydrogen-bond acceptors (Lipinski definition) is 3. The number of aromatic carboxylic acids is 1. The van der Waals surface area contributed by atoms with E-state index >= 15 is 0 Å². The summed E-state index contributed by atoms with van der Waals surface area (Å²) in [7, 11) is 0. The predicted molar refractivity (Wildman–Crippen MR) is 86.7 cm³/mol. The van der Waals surface area contributed by atoms with Gasteiger partial charge in [-0.05, 0) is 42.2 Å². The summed E-state index contributed by atoms with van der Waals surface area (Å²) in [6.45, 7) is 3.58. The molecular formula is C18H18N2O3.